The van der Waals surface area contributed by atoms with Crippen LogP contribution in [0.4, 0.5) is 0 Å². The number of rotatable bonds is 1. The second kappa shape index (κ2) is 2.64. The van der Waals surface area contributed by atoms with Crippen LogP contribution in [0.2, 0.25) is 0 Å². The molecule has 0 rings (SSSR count). The molecule has 0 aliphatic rings. The predicted molar refractivity (Wildman–Crippen MR) is 19.7 cm³/mol. The summed E-state index contributed by atoms with van der Waals surface area (Å²) >= 11 is 0. The summed E-state index contributed by atoms with van der Waals surface area (Å²) in [5.41, 5.74) is 0. The van der Waals surface area contributed by atoms with Crippen molar-refractivity contribution in [2.75, 3.05) is 6.54 Å². The molecule has 0 atom stereocenters. The molecule has 0 fully saturated rings. The average molecular weight is 87.1 g/mol. The molecule has 3 heteroatoms. The number of hydrogen-bond donors (Lipinski definition) is 2. The van der Waals surface area contributed by atoms with Crippen LogP contribution in [-0.4, -0.2) is 23.0 Å². The van der Waals surface area contributed by atoms with Crippen LogP contribution in [0.5, 0.6) is 0 Å². The third kappa shape index (κ3) is 3.41. The Morgan fingerprint density at radius 3 is 2.17 bits per heavy atom. The van der Waals surface area contributed by atoms with Gasteiger partial charge in [-0.15, -0.1) is 0 Å². The molecule has 34 valence electrons. The summed E-state index contributed by atoms with van der Waals surface area (Å²) in [4.78, 5) is 2.69. The Labute approximate surface area is 35.7 Å². The van der Waals surface area contributed by atoms with Crippen molar-refractivity contribution in [3.63, 3.8) is 0 Å². The SMILES string of the molecule is [C-]#[N+]CC(O)O. The molecule has 0 bridgehead atoms. The van der Waals surface area contributed by atoms with Gasteiger partial charge in [-0.2, -0.15) is 0 Å². The molecule has 0 saturated carbocycles. The number of aliphatic hydroxyl groups excluding tert-OH is 1. The molecule has 0 aliphatic carbocycles. The Balaban J connectivity index is 2.88. The number of hydrogen-bond acceptors (Lipinski definition) is 2. The van der Waals surface area contributed by atoms with E-state index in [0.29, 0.717) is 0 Å². The lowest BCUT2D eigenvalue weighted by molar-refractivity contribution is -0.0250. The van der Waals surface area contributed by atoms with Gasteiger partial charge in [-0.3, -0.25) is 0 Å². The van der Waals surface area contributed by atoms with E-state index in [9.17, 15) is 0 Å². The van der Waals surface area contributed by atoms with Gasteiger partial charge in [-0.25, -0.2) is 6.57 Å². The van der Waals surface area contributed by atoms with Crippen molar-refractivity contribution in [1.29, 1.82) is 0 Å². The minimum Gasteiger partial charge on any atom is -0.362 e. The van der Waals surface area contributed by atoms with Crippen LogP contribution in [0.15, 0.2) is 0 Å². The molecule has 0 aromatic rings. The lowest BCUT2D eigenvalue weighted by Gasteiger charge is -1.85. The Morgan fingerprint density at radius 1 is 1.67 bits per heavy atom. The minimum atomic E-state index is -1.46. The van der Waals surface area contributed by atoms with Crippen LogP contribution >= 0.6 is 0 Å². The van der Waals surface area contributed by atoms with E-state index in [1.807, 2.05) is 0 Å². The van der Waals surface area contributed by atoms with E-state index < -0.39 is 6.29 Å². The fourth-order valence-electron chi connectivity index (χ4n) is 0.0816. The Kier molecular flexibility index (Phi) is 2.38. The average Bonchev–Trinajstić information content (AvgIpc) is 1.35. The van der Waals surface area contributed by atoms with Crippen molar-refractivity contribution in [3.05, 3.63) is 11.4 Å². The maximum absolute atomic E-state index is 7.89. The fraction of sp³-hybridized carbons (Fsp3) is 0.667. The van der Waals surface area contributed by atoms with Gasteiger partial charge in [-0.05, 0) is 0 Å². The molecule has 0 radical (unpaired) electrons. The van der Waals surface area contributed by atoms with Crippen molar-refractivity contribution < 1.29 is 10.2 Å². The van der Waals surface area contributed by atoms with E-state index >= 15 is 0 Å². The number of nitrogens with zero attached hydrogens (tertiary/aromatic N) is 1. The van der Waals surface area contributed by atoms with E-state index in [1.165, 1.54) is 0 Å². The second-order valence-corrected chi connectivity index (χ2v) is 0.821. The molecule has 0 aromatic heterocycles. The highest BCUT2D eigenvalue weighted by molar-refractivity contribution is 4.57. The molecule has 0 aliphatic heterocycles. The molecular weight excluding hydrogens is 82.0 g/mol. The van der Waals surface area contributed by atoms with Crippen molar-refractivity contribution in [3.8, 4) is 0 Å². The van der Waals surface area contributed by atoms with Gasteiger partial charge in [0.2, 0.25) is 6.29 Å². The molecule has 0 spiro atoms. The first-order valence-electron chi connectivity index (χ1n) is 1.46. The van der Waals surface area contributed by atoms with Gasteiger partial charge in [0.05, 0.1) is 0 Å². The van der Waals surface area contributed by atoms with Crippen molar-refractivity contribution >= 4 is 0 Å². The quantitative estimate of drug-likeness (QED) is 0.325. The summed E-state index contributed by atoms with van der Waals surface area (Å²) in [7, 11) is 0. The molecule has 0 amide bonds. The third-order valence-electron chi connectivity index (χ3n) is 0.255. The highest BCUT2D eigenvalue weighted by Gasteiger charge is 1.94. The number of aliphatic hydroxyl groups is 2. The van der Waals surface area contributed by atoms with Crippen molar-refractivity contribution in [1.82, 2.24) is 0 Å². The third-order valence-corrected chi connectivity index (χ3v) is 0.255. The first-order valence-corrected chi connectivity index (χ1v) is 1.46. The van der Waals surface area contributed by atoms with Crippen LogP contribution < -0.4 is 0 Å². The van der Waals surface area contributed by atoms with Crippen LogP contribution in [0, 0.1) is 6.57 Å². The van der Waals surface area contributed by atoms with Gasteiger partial charge in [0.1, 0.15) is 0 Å². The van der Waals surface area contributed by atoms with E-state index in [1.54, 1.807) is 0 Å². The van der Waals surface area contributed by atoms with Crippen LogP contribution in [-0.2, 0) is 0 Å². The normalized spacial score (nSPS) is 8.33. The highest BCUT2D eigenvalue weighted by Crippen LogP contribution is 1.71. The standard InChI is InChI=1S/C3H5NO2/c1-4-2-3(5)6/h3,5-6H,2H2. The first-order chi connectivity index (χ1) is 2.77. The van der Waals surface area contributed by atoms with Crippen LogP contribution in [0.3, 0.4) is 0 Å². The molecule has 0 aromatic carbocycles. The largest absolute Gasteiger partial charge is 0.362 e. The van der Waals surface area contributed by atoms with Crippen LogP contribution in [0.1, 0.15) is 0 Å². The lowest BCUT2D eigenvalue weighted by Crippen LogP contribution is -2.05. The van der Waals surface area contributed by atoms with Gasteiger partial charge >= 0.3 is 0 Å². The van der Waals surface area contributed by atoms with Gasteiger partial charge < -0.3 is 15.1 Å². The predicted octanol–water partition coefficient (Wildman–Crippen LogP) is -0.784. The summed E-state index contributed by atoms with van der Waals surface area (Å²) in [5, 5.41) is 15.8. The minimum absolute atomic E-state index is 0.222. The molecule has 3 nitrogen and oxygen atoms in total. The van der Waals surface area contributed by atoms with Gasteiger partial charge in [0.25, 0.3) is 6.54 Å². The first kappa shape index (κ1) is 5.41. The van der Waals surface area contributed by atoms with E-state index in [4.69, 9.17) is 16.8 Å². The summed E-state index contributed by atoms with van der Waals surface area (Å²) < 4.78 is 0. The Morgan fingerprint density at radius 2 is 2.17 bits per heavy atom. The second-order valence-electron chi connectivity index (χ2n) is 0.821. The van der Waals surface area contributed by atoms with Crippen molar-refractivity contribution in [2.45, 2.75) is 6.29 Å². The maximum Gasteiger partial charge on any atom is 0.264 e. The zero-order valence-electron chi connectivity index (χ0n) is 3.13. The summed E-state index contributed by atoms with van der Waals surface area (Å²) in [5.74, 6) is 0. The Bertz CT molecular complexity index is 63.7. The Hall–Kier alpha value is -0.590. The summed E-state index contributed by atoms with van der Waals surface area (Å²) in [6.07, 6.45) is -1.46. The van der Waals surface area contributed by atoms with E-state index in [2.05, 4.69) is 4.85 Å². The van der Waals surface area contributed by atoms with Gasteiger partial charge in [0, 0.05) is 0 Å². The fourth-order valence-corrected chi connectivity index (χ4v) is 0.0816. The monoisotopic (exact) mass is 87.0 g/mol. The molecule has 0 saturated heterocycles. The summed E-state index contributed by atoms with van der Waals surface area (Å²) in [6, 6.07) is 0. The highest BCUT2D eigenvalue weighted by atomic mass is 16.5. The maximum atomic E-state index is 7.89. The molecular formula is C3H5NO2. The molecule has 0 unspecified atom stereocenters. The van der Waals surface area contributed by atoms with Gasteiger partial charge in [-0.1, -0.05) is 0 Å². The van der Waals surface area contributed by atoms with E-state index in [0.717, 1.165) is 0 Å². The van der Waals surface area contributed by atoms with Crippen molar-refractivity contribution in [2.24, 2.45) is 0 Å². The zero-order valence-corrected chi connectivity index (χ0v) is 3.13. The zero-order chi connectivity index (χ0) is 4.99. The molecule has 2 N–H and O–H groups in total. The molecule has 6 heavy (non-hydrogen) atoms. The topological polar surface area (TPSA) is 44.8 Å². The van der Waals surface area contributed by atoms with Gasteiger partial charge in [0.15, 0.2) is 0 Å². The molecule has 0 heterocycles. The smallest absolute Gasteiger partial charge is 0.264 e. The lowest BCUT2D eigenvalue weighted by atomic mass is 10.7. The van der Waals surface area contributed by atoms with E-state index in [-0.39, 0.29) is 6.54 Å². The van der Waals surface area contributed by atoms with Crippen LogP contribution in [0.25, 0.3) is 4.85 Å². The summed E-state index contributed by atoms with van der Waals surface area (Å²) in [6.45, 7) is 5.82.